The Morgan fingerprint density at radius 2 is 0.464 bits per heavy atom. The Morgan fingerprint density at radius 3 is 0.814 bits per heavy atom. The van der Waals surface area contributed by atoms with Gasteiger partial charge in [0.2, 0.25) is 0 Å². The van der Waals surface area contributed by atoms with E-state index in [0.717, 1.165) is 68.2 Å². The van der Waals surface area contributed by atoms with Gasteiger partial charge in [0.05, 0.1) is 22.7 Å². The maximum atomic E-state index is 2.58. The normalized spacial score (nSPS) is 13.1. The average molecular weight is 1240 g/mol. The lowest BCUT2D eigenvalue weighted by atomic mass is 9.70. The van der Waals surface area contributed by atoms with Gasteiger partial charge >= 0.3 is 0 Å². The van der Waals surface area contributed by atoms with Crippen molar-refractivity contribution in [2.24, 2.45) is 0 Å². The molecule has 0 unspecified atom stereocenters. The molecule has 2 aliphatic carbocycles. The lowest BCUT2D eigenvalue weighted by molar-refractivity contribution is 0.656. The highest BCUT2D eigenvalue weighted by molar-refractivity contribution is 6.05. The number of rotatable bonds is 13. The van der Waals surface area contributed by atoms with Gasteiger partial charge in [-0.3, -0.25) is 0 Å². The summed E-state index contributed by atoms with van der Waals surface area (Å²) in [6, 6.07) is 133. The molecule has 0 saturated carbocycles. The molecule has 4 nitrogen and oxygen atoms in total. The number of hydrogen-bond acceptors (Lipinski definition) is 4. The number of benzene rings is 16. The van der Waals surface area contributed by atoms with Gasteiger partial charge in [-0.05, 0) is 200 Å². The molecule has 16 aromatic rings. The first-order chi connectivity index (χ1) is 47.8. The molecule has 0 spiro atoms. The number of hydrogen-bond donors (Lipinski definition) is 0. The zero-order valence-electron chi connectivity index (χ0n) is 54.4. The molecule has 460 valence electrons. The molecule has 0 amide bonds. The third-order valence-corrected chi connectivity index (χ3v) is 20.8. The SMILES string of the molecule is CC1(C)c2cc(N(c3ccccc3)c3cccc4ccccc34)ccc2-c2c1cc(N(c1ccccc1)c1cccc3ccccc13)cc2C1(C)c2cc(N(c3ccccc3)c3cccc4ccccc34)ccc2-c2ccc(N(c3ccccc3)c3cccc4ccccc34)cc21. The molecular formula is C93H68N4. The highest BCUT2D eigenvalue weighted by atomic mass is 15.2. The average Bonchev–Trinajstić information content (AvgIpc) is 1.53. The summed E-state index contributed by atoms with van der Waals surface area (Å²) in [4.78, 5) is 9.93. The second-order valence-corrected chi connectivity index (χ2v) is 26.5. The standard InChI is InChI=1S/C93H68N4/c1-92(2)82-58-71(94(67-36-8-4-9-37-67)87-48-24-32-63-28-16-20-44-75(63)87)54-57-81(82)91-85(92)61-74(97(70-42-14-7-15-43-70)90-51-27-35-66-31-19-23-47-78(66)90)62-86(91)93(3)83-59-72(95(68-38-10-5-11-39-68)88-49-25-33-64-29-17-21-45-76(64)88)52-55-79(83)80-56-53-73(60-84(80)93)96(69-40-12-6-13-41-69)89-50-26-34-65-30-18-22-46-77(65)89/h4-62H,1-3H3. The molecule has 16 aromatic carbocycles. The Bertz CT molecular complexity index is 5530. The third-order valence-electron chi connectivity index (χ3n) is 20.8. The molecule has 0 heterocycles. The zero-order chi connectivity index (χ0) is 64.8. The van der Waals surface area contributed by atoms with Gasteiger partial charge in [0.1, 0.15) is 0 Å². The predicted octanol–water partition coefficient (Wildman–Crippen LogP) is 25.8. The maximum Gasteiger partial charge on any atom is 0.0540 e. The molecule has 0 aliphatic heterocycles. The van der Waals surface area contributed by atoms with E-state index in [1.165, 1.54) is 93.2 Å². The fourth-order valence-electron chi connectivity index (χ4n) is 16.2. The van der Waals surface area contributed by atoms with Crippen LogP contribution in [0.5, 0.6) is 0 Å². The van der Waals surface area contributed by atoms with E-state index in [0.29, 0.717) is 0 Å². The van der Waals surface area contributed by atoms with E-state index in [1.807, 2.05) is 0 Å². The molecule has 0 N–H and O–H groups in total. The lowest BCUT2D eigenvalue weighted by Gasteiger charge is -2.36. The van der Waals surface area contributed by atoms with Crippen molar-refractivity contribution < 1.29 is 0 Å². The van der Waals surface area contributed by atoms with Crippen molar-refractivity contribution in [2.75, 3.05) is 19.6 Å². The summed E-state index contributed by atoms with van der Waals surface area (Å²) in [6.45, 7) is 7.47. The second-order valence-electron chi connectivity index (χ2n) is 26.5. The van der Waals surface area contributed by atoms with E-state index in [9.17, 15) is 0 Å². The first kappa shape index (κ1) is 57.4. The summed E-state index contributed by atoms with van der Waals surface area (Å²) in [5.74, 6) is 0. The second kappa shape index (κ2) is 23.1. The fourth-order valence-corrected chi connectivity index (χ4v) is 16.2. The fraction of sp³-hybridized carbons (Fsp3) is 0.0538. The van der Waals surface area contributed by atoms with Crippen molar-refractivity contribution in [2.45, 2.75) is 31.6 Å². The summed E-state index contributed by atoms with van der Waals surface area (Å²) in [7, 11) is 0. The Morgan fingerprint density at radius 1 is 0.196 bits per heavy atom. The van der Waals surface area contributed by atoms with E-state index >= 15 is 0 Å². The van der Waals surface area contributed by atoms with Crippen LogP contribution in [-0.2, 0) is 10.8 Å². The molecule has 0 radical (unpaired) electrons. The van der Waals surface area contributed by atoms with Crippen LogP contribution < -0.4 is 19.6 Å². The molecule has 0 fully saturated rings. The van der Waals surface area contributed by atoms with Crippen LogP contribution in [0.3, 0.4) is 0 Å². The van der Waals surface area contributed by atoms with Crippen molar-refractivity contribution in [3.8, 4) is 22.3 Å². The summed E-state index contributed by atoms with van der Waals surface area (Å²) in [5.41, 5.74) is 23.1. The molecule has 97 heavy (non-hydrogen) atoms. The predicted molar refractivity (Wildman–Crippen MR) is 410 cm³/mol. The van der Waals surface area contributed by atoms with E-state index in [-0.39, 0.29) is 0 Å². The molecule has 0 atom stereocenters. The van der Waals surface area contributed by atoms with Gasteiger partial charge in [-0.15, -0.1) is 0 Å². The number of nitrogens with zero attached hydrogens (tertiary/aromatic N) is 4. The Hall–Kier alpha value is -12.2. The summed E-state index contributed by atoms with van der Waals surface area (Å²) in [5, 5.41) is 9.51. The first-order valence-electron chi connectivity index (χ1n) is 33.7. The highest BCUT2D eigenvalue weighted by Crippen LogP contribution is 2.62. The monoisotopic (exact) mass is 1240 g/mol. The molecule has 0 saturated heterocycles. The maximum absolute atomic E-state index is 2.58. The summed E-state index contributed by atoms with van der Waals surface area (Å²) >= 11 is 0. The van der Waals surface area contributed by atoms with Gasteiger partial charge in [-0.1, -0.05) is 250 Å². The largest absolute Gasteiger partial charge is 0.310 e. The lowest BCUT2D eigenvalue weighted by Crippen LogP contribution is -2.26. The van der Waals surface area contributed by atoms with Crippen LogP contribution in [-0.4, -0.2) is 0 Å². The Labute approximate surface area is 567 Å². The quantitative estimate of drug-likeness (QED) is 0.114. The van der Waals surface area contributed by atoms with Gasteiger partial charge in [0.15, 0.2) is 0 Å². The van der Waals surface area contributed by atoms with Crippen molar-refractivity contribution >= 4 is 111 Å². The van der Waals surface area contributed by atoms with Crippen LogP contribution in [0.4, 0.5) is 68.2 Å². The topological polar surface area (TPSA) is 13.0 Å². The Kier molecular flexibility index (Phi) is 13.6. The minimum atomic E-state index is -0.810. The Balaban J connectivity index is 0.948. The van der Waals surface area contributed by atoms with Crippen LogP contribution in [0.1, 0.15) is 48.6 Å². The van der Waals surface area contributed by atoms with Crippen molar-refractivity contribution in [3.05, 3.63) is 386 Å². The van der Waals surface area contributed by atoms with Crippen molar-refractivity contribution in [1.82, 2.24) is 0 Å². The summed E-state index contributed by atoms with van der Waals surface area (Å²) < 4.78 is 0. The van der Waals surface area contributed by atoms with Gasteiger partial charge in [-0.2, -0.15) is 0 Å². The van der Waals surface area contributed by atoms with Gasteiger partial charge in [0.25, 0.3) is 0 Å². The van der Waals surface area contributed by atoms with Crippen LogP contribution in [0.25, 0.3) is 65.3 Å². The third kappa shape index (κ3) is 9.35. The van der Waals surface area contributed by atoms with E-state index in [2.05, 4.69) is 398 Å². The smallest absolute Gasteiger partial charge is 0.0540 e. The molecule has 0 aromatic heterocycles. The molecule has 0 bridgehead atoms. The summed E-state index contributed by atoms with van der Waals surface area (Å²) in [6.07, 6.45) is 0. The highest BCUT2D eigenvalue weighted by Gasteiger charge is 2.48. The molecular weight excluding hydrogens is 1170 g/mol. The van der Waals surface area contributed by atoms with Crippen LogP contribution in [0.2, 0.25) is 0 Å². The number of para-hydroxylation sites is 4. The van der Waals surface area contributed by atoms with E-state index < -0.39 is 10.8 Å². The minimum Gasteiger partial charge on any atom is -0.310 e. The number of fused-ring (bicyclic) bond motifs is 10. The molecule has 4 heteroatoms. The number of anilines is 12. The van der Waals surface area contributed by atoms with Crippen molar-refractivity contribution in [1.29, 1.82) is 0 Å². The van der Waals surface area contributed by atoms with Crippen molar-refractivity contribution in [3.63, 3.8) is 0 Å². The van der Waals surface area contributed by atoms with Crippen LogP contribution >= 0.6 is 0 Å². The van der Waals surface area contributed by atoms with E-state index in [4.69, 9.17) is 0 Å². The van der Waals surface area contributed by atoms with E-state index in [1.54, 1.807) is 0 Å². The van der Waals surface area contributed by atoms with Crippen LogP contribution in [0, 0.1) is 0 Å². The van der Waals surface area contributed by atoms with Gasteiger partial charge < -0.3 is 19.6 Å². The minimum absolute atomic E-state index is 0.505. The van der Waals surface area contributed by atoms with Gasteiger partial charge in [-0.25, -0.2) is 0 Å². The molecule has 2 aliphatic rings. The molecule has 18 rings (SSSR count). The van der Waals surface area contributed by atoms with Gasteiger partial charge in [0, 0.05) is 77.9 Å². The first-order valence-corrected chi connectivity index (χ1v) is 33.7. The van der Waals surface area contributed by atoms with Crippen LogP contribution in [0.15, 0.2) is 358 Å². The zero-order valence-corrected chi connectivity index (χ0v) is 54.4.